The number of hydrogen-bond acceptors (Lipinski definition) is 3. The third-order valence-corrected chi connectivity index (χ3v) is 7.13. The number of hydrogen-bond donors (Lipinski definition) is 1. The number of para-hydroxylation sites is 1. The van der Waals surface area contributed by atoms with Gasteiger partial charge in [0.2, 0.25) is 0 Å². The summed E-state index contributed by atoms with van der Waals surface area (Å²) in [7, 11) is 0. The molecule has 0 amide bonds. The molecule has 142 valence electrons. The van der Waals surface area contributed by atoms with Crippen LogP contribution in [0.3, 0.4) is 0 Å². The Balaban J connectivity index is 1.65. The zero-order valence-electron chi connectivity index (χ0n) is 15.2. The summed E-state index contributed by atoms with van der Waals surface area (Å²) < 4.78 is 0. The number of halogens is 2. The zero-order valence-corrected chi connectivity index (χ0v) is 17.5. The summed E-state index contributed by atoms with van der Waals surface area (Å²) in [5.41, 5.74) is 2.98. The van der Waals surface area contributed by atoms with Gasteiger partial charge in [-0.25, -0.2) is 9.97 Å². The van der Waals surface area contributed by atoms with Crippen LogP contribution in [0.25, 0.3) is 21.9 Å². The number of H-pyrrole nitrogens is 1. The lowest BCUT2D eigenvalue weighted by Gasteiger charge is -2.19. The Kier molecular flexibility index (Phi) is 4.95. The van der Waals surface area contributed by atoms with Gasteiger partial charge >= 0.3 is 0 Å². The van der Waals surface area contributed by atoms with Crippen molar-refractivity contribution >= 4 is 56.9 Å². The van der Waals surface area contributed by atoms with Crippen LogP contribution in [0.4, 0.5) is 0 Å². The van der Waals surface area contributed by atoms with Crippen LogP contribution in [0.2, 0.25) is 10.0 Å². The number of aromatic nitrogens is 3. The predicted octanol–water partition coefficient (Wildman–Crippen LogP) is 7.62. The average Bonchev–Trinajstić information content (AvgIpc) is 3.18. The molecule has 2 aromatic carbocycles. The minimum absolute atomic E-state index is 0.516. The molecule has 0 aliphatic heterocycles. The summed E-state index contributed by atoms with van der Waals surface area (Å²) in [4.78, 5) is 14.6. The van der Waals surface area contributed by atoms with Crippen LogP contribution in [0.15, 0.2) is 52.4 Å². The number of benzene rings is 2. The van der Waals surface area contributed by atoms with Gasteiger partial charge in [0.15, 0.2) is 0 Å². The van der Waals surface area contributed by atoms with E-state index in [9.17, 15) is 0 Å². The maximum atomic E-state index is 6.21. The molecule has 1 aliphatic carbocycles. The van der Waals surface area contributed by atoms with Crippen LogP contribution in [0.1, 0.15) is 43.8 Å². The van der Waals surface area contributed by atoms with Crippen LogP contribution in [-0.4, -0.2) is 15.0 Å². The average molecular weight is 428 g/mol. The molecule has 6 heteroatoms. The number of rotatable bonds is 3. The molecule has 0 unspecified atom stereocenters. The van der Waals surface area contributed by atoms with Gasteiger partial charge < -0.3 is 4.98 Å². The fourth-order valence-electron chi connectivity index (χ4n) is 3.97. The molecule has 0 atom stereocenters. The van der Waals surface area contributed by atoms with E-state index in [1.807, 2.05) is 36.4 Å². The van der Waals surface area contributed by atoms with Crippen LogP contribution in [-0.2, 0) is 0 Å². The second kappa shape index (κ2) is 7.58. The van der Waals surface area contributed by atoms with Gasteiger partial charge in [-0.2, -0.15) is 0 Å². The van der Waals surface area contributed by atoms with E-state index in [1.165, 1.54) is 32.1 Å². The van der Waals surface area contributed by atoms with E-state index in [2.05, 4.69) is 11.1 Å². The number of aromatic amines is 1. The van der Waals surface area contributed by atoms with Gasteiger partial charge in [-0.15, -0.1) is 0 Å². The van der Waals surface area contributed by atoms with Gasteiger partial charge in [-0.05, 0) is 37.1 Å². The number of fused-ring (bicyclic) bond motifs is 3. The Morgan fingerprint density at radius 2 is 1.75 bits per heavy atom. The normalized spacial score (nSPS) is 15.5. The zero-order chi connectivity index (χ0) is 19.1. The Hall–Kier alpha value is -1.75. The molecule has 1 fully saturated rings. The van der Waals surface area contributed by atoms with E-state index in [1.54, 1.807) is 11.8 Å². The van der Waals surface area contributed by atoms with Crippen LogP contribution >= 0.6 is 35.0 Å². The molecule has 0 spiro atoms. The smallest absolute Gasteiger partial charge is 0.127 e. The molecule has 5 rings (SSSR count). The molecular weight excluding hydrogens is 409 g/mol. The fourth-order valence-corrected chi connectivity index (χ4v) is 5.27. The molecule has 0 saturated heterocycles. The number of imidazole rings is 1. The second-order valence-electron chi connectivity index (χ2n) is 7.29. The molecule has 1 N–H and O–H groups in total. The molecule has 1 aliphatic rings. The van der Waals surface area contributed by atoms with Crippen LogP contribution in [0.5, 0.6) is 0 Å². The molecule has 1 saturated carbocycles. The molecule has 4 aromatic rings. The van der Waals surface area contributed by atoms with Gasteiger partial charge in [-0.1, -0.05) is 72.4 Å². The standard InChI is InChI=1S/C22H19Cl2N3S/c23-16-11-10-14(12-17(16)24)28-22-20-19(15-8-4-5-9-18(15)25-22)26-21(27-20)13-6-2-1-3-7-13/h4-5,8-13H,1-3,6-7H2,(H,26,27). The van der Waals surface area contributed by atoms with Crippen molar-refractivity contribution < 1.29 is 0 Å². The van der Waals surface area contributed by atoms with Crippen molar-refractivity contribution in [3.63, 3.8) is 0 Å². The molecule has 2 heterocycles. The first kappa shape index (κ1) is 18.3. The Morgan fingerprint density at radius 1 is 0.929 bits per heavy atom. The minimum Gasteiger partial charge on any atom is -0.339 e. The van der Waals surface area contributed by atoms with Crippen molar-refractivity contribution in [3.8, 4) is 0 Å². The van der Waals surface area contributed by atoms with Crippen molar-refractivity contribution in [2.24, 2.45) is 0 Å². The van der Waals surface area contributed by atoms with E-state index in [0.717, 1.165) is 37.7 Å². The van der Waals surface area contributed by atoms with E-state index < -0.39 is 0 Å². The van der Waals surface area contributed by atoms with E-state index in [-0.39, 0.29) is 0 Å². The van der Waals surface area contributed by atoms with Gasteiger partial charge in [0.25, 0.3) is 0 Å². The summed E-state index contributed by atoms with van der Waals surface area (Å²) in [5.74, 6) is 1.62. The Morgan fingerprint density at radius 3 is 2.57 bits per heavy atom. The summed E-state index contributed by atoms with van der Waals surface area (Å²) in [6.07, 6.45) is 6.32. The Labute approximate surface area is 177 Å². The van der Waals surface area contributed by atoms with Crippen LogP contribution in [0, 0.1) is 0 Å². The first-order valence-electron chi connectivity index (χ1n) is 9.60. The van der Waals surface area contributed by atoms with Gasteiger partial charge in [0.1, 0.15) is 16.4 Å². The summed E-state index contributed by atoms with van der Waals surface area (Å²) in [6.45, 7) is 0. The number of nitrogens with zero attached hydrogens (tertiary/aromatic N) is 2. The SMILES string of the molecule is Clc1ccc(Sc2nc3ccccc3c3nc(C4CCCCC4)[nH]c23)cc1Cl. The van der Waals surface area contributed by atoms with E-state index in [4.69, 9.17) is 33.2 Å². The number of nitrogens with one attached hydrogen (secondary N) is 1. The van der Waals surface area contributed by atoms with Crippen molar-refractivity contribution in [1.82, 2.24) is 15.0 Å². The summed E-state index contributed by atoms with van der Waals surface area (Å²) >= 11 is 13.9. The molecule has 2 aromatic heterocycles. The van der Waals surface area contributed by atoms with E-state index in [0.29, 0.717) is 16.0 Å². The van der Waals surface area contributed by atoms with Gasteiger partial charge in [-0.3, -0.25) is 0 Å². The first-order valence-corrected chi connectivity index (χ1v) is 11.2. The largest absolute Gasteiger partial charge is 0.339 e. The predicted molar refractivity (Wildman–Crippen MR) is 118 cm³/mol. The fraction of sp³-hybridized carbons (Fsp3) is 0.273. The quantitative estimate of drug-likeness (QED) is 0.365. The van der Waals surface area contributed by atoms with Crippen molar-refractivity contribution in [1.29, 1.82) is 0 Å². The van der Waals surface area contributed by atoms with E-state index >= 15 is 0 Å². The van der Waals surface area contributed by atoms with Crippen molar-refractivity contribution in [3.05, 3.63) is 58.3 Å². The Bertz CT molecular complexity index is 1170. The van der Waals surface area contributed by atoms with Crippen LogP contribution < -0.4 is 0 Å². The van der Waals surface area contributed by atoms with Crippen molar-refractivity contribution in [2.75, 3.05) is 0 Å². The molecule has 28 heavy (non-hydrogen) atoms. The maximum absolute atomic E-state index is 6.21. The lowest BCUT2D eigenvalue weighted by Crippen LogP contribution is -2.05. The third kappa shape index (κ3) is 3.38. The lowest BCUT2D eigenvalue weighted by atomic mass is 9.89. The van der Waals surface area contributed by atoms with Crippen molar-refractivity contribution in [2.45, 2.75) is 47.9 Å². The maximum Gasteiger partial charge on any atom is 0.127 e. The molecule has 0 bridgehead atoms. The number of pyridine rings is 1. The first-order chi connectivity index (χ1) is 13.7. The molecular formula is C22H19Cl2N3S. The summed E-state index contributed by atoms with van der Waals surface area (Å²) in [6, 6.07) is 13.9. The topological polar surface area (TPSA) is 41.6 Å². The highest BCUT2D eigenvalue weighted by Crippen LogP contribution is 2.39. The highest BCUT2D eigenvalue weighted by atomic mass is 35.5. The molecule has 0 radical (unpaired) electrons. The third-order valence-electron chi connectivity index (χ3n) is 5.41. The minimum atomic E-state index is 0.516. The van der Waals surface area contributed by atoms with Gasteiger partial charge in [0.05, 0.1) is 21.1 Å². The lowest BCUT2D eigenvalue weighted by molar-refractivity contribution is 0.431. The monoisotopic (exact) mass is 427 g/mol. The highest BCUT2D eigenvalue weighted by Gasteiger charge is 2.21. The van der Waals surface area contributed by atoms with Gasteiger partial charge in [0, 0.05) is 16.2 Å². The summed E-state index contributed by atoms with van der Waals surface area (Å²) in [5, 5.41) is 3.12. The second-order valence-corrected chi connectivity index (χ2v) is 9.17. The molecule has 3 nitrogen and oxygen atoms in total. The highest BCUT2D eigenvalue weighted by molar-refractivity contribution is 7.99.